The van der Waals surface area contributed by atoms with Gasteiger partial charge in [-0.15, -0.1) is 0 Å². The van der Waals surface area contributed by atoms with Crippen LogP contribution in [0.2, 0.25) is 0 Å². The van der Waals surface area contributed by atoms with Crippen molar-refractivity contribution < 1.29 is 14.3 Å². The van der Waals surface area contributed by atoms with Gasteiger partial charge >= 0.3 is 5.97 Å². The third-order valence-corrected chi connectivity index (χ3v) is 4.35. The topological polar surface area (TPSA) is 38.8 Å². The number of carbonyl (C=O) groups is 1. The third kappa shape index (κ3) is 4.27. The molecule has 1 atom stereocenters. The molecule has 2 aromatic carbocycles. The average Bonchev–Trinajstić information content (AvgIpc) is 2.65. The van der Waals surface area contributed by atoms with Crippen LogP contribution < -0.4 is 0 Å². The van der Waals surface area contributed by atoms with Crippen LogP contribution in [0.3, 0.4) is 0 Å². The Hall–Kier alpha value is -2.17. The zero-order chi connectivity index (χ0) is 18.3. The van der Waals surface area contributed by atoms with Gasteiger partial charge in [-0.3, -0.25) is 0 Å². The summed E-state index contributed by atoms with van der Waals surface area (Å²) in [7, 11) is 3.92. The summed E-state index contributed by atoms with van der Waals surface area (Å²) >= 11 is 0. The molecule has 0 fully saturated rings. The molecule has 2 rings (SSSR count). The minimum Gasteiger partial charge on any atom is -0.461 e. The molecule has 0 heterocycles. The van der Waals surface area contributed by atoms with Crippen LogP contribution in [0.4, 0.5) is 0 Å². The van der Waals surface area contributed by atoms with E-state index in [1.165, 1.54) is 0 Å². The van der Waals surface area contributed by atoms with Gasteiger partial charge in [-0.25, -0.2) is 4.79 Å². The van der Waals surface area contributed by atoms with Gasteiger partial charge in [0.2, 0.25) is 5.60 Å². The second kappa shape index (κ2) is 8.79. The minimum atomic E-state index is -1.26. The van der Waals surface area contributed by atoms with E-state index in [1.54, 1.807) is 0 Å². The van der Waals surface area contributed by atoms with E-state index in [1.807, 2.05) is 93.5 Å². The van der Waals surface area contributed by atoms with Crippen LogP contribution in [0.1, 0.15) is 25.0 Å². The van der Waals surface area contributed by atoms with E-state index in [9.17, 15) is 4.79 Å². The van der Waals surface area contributed by atoms with E-state index in [2.05, 4.69) is 0 Å². The quantitative estimate of drug-likeness (QED) is 0.689. The van der Waals surface area contributed by atoms with Crippen LogP contribution in [0.5, 0.6) is 0 Å². The van der Waals surface area contributed by atoms with E-state index in [0.717, 1.165) is 11.1 Å². The van der Waals surface area contributed by atoms with Gasteiger partial charge in [0.25, 0.3) is 0 Å². The zero-order valence-electron chi connectivity index (χ0n) is 15.4. The van der Waals surface area contributed by atoms with E-state index in [-0.39, 0.29) is 12.0 Å². The van der Waals surface area contributed by atoms with E-state index in [0.29, 0.717) is 13.2 Å². The molecule has 0 saturated heterocycles. The third-order valence-electron chi connectivity index (χ3n) is 4.35. The highest BCUT2D eigenvalue weighted by Gasteiger charge is 2.44. The first-order valence-corrected chi connectivity index (χ1v) is 8.61. The molecule has 0 radical (unpaired) electrons. The lowest BCUT2D eigenvalue weighted by Gasteiger charge is -2.33. The Bertz CT molecular complexity index is 616. The normalized spacial score (nSPS) is 12.8. The van der Waals surface area contributed by atoms with Gasteiger partial charge < -0.3 is 14.4 Å². The lowest BCUT2D eigenvalue weighted by atomic mass is 9.86. The lowest BCUT2D eigenvalue weighted by Crippen LogP contribution is -2.43. The number of esters is 1. The molecular weight excluding hydrogens is 314 g/mol. The molecule has 4 heteroatoms. The molecule has 0 amide bonds. The molecule has 134 valence electrons. The zero-order valence-corrected chi connectivity index (χ0v) is 15.4. The Kier molecular flexibility index (Phi) is 6.73. The van der Waals surface area contributed by atoms with Gasteiger partial charge in [-0.05, 0) is 39.1 Å². The molecule has 0 aliphatic carbocycles. The van der Waals surface area contributed by atoms with Crippen LogP contribution in [0, 0.1) is 0 Å². The van der Waals surface area contributed by atoms with Crippen LogP contribution in [0.25, 0.3) is 0 Å². The van der Waals surface area contributed by atoms with Crippen molar-refractivity contribution >= 4 is 5.97 Å². The summed E-state index contributed by atoms with van der Waals surface area (Å²) in [6, 6.07) is 19.2. The summed E-state index contributed by atoms with van der Waals surface area (Å²) in [4.78, 5) is 15.2. The molecule has 25 heavy (non-hydrogen) atoms. The monoisotopic (exact) mass is 341 g/mol. The van der Waals surface area contributed by atoms with Crippen LogP contribution in [0.15, 0.2) is 60.7 Å². The molecule has 4 nitrogen and oxygen atoms in total. The molecule has 0 bridgehead atoms. The number of benzene rings is 2. The van der Waals surface area contributed by atoms with Crippen molar-refractivity contribution in [2.24, 2.45) is 0 Å². The van der Waals surface area contributed by atoms with Crippen molar-refractivity contribution in [1.82, 2.24) is 4.90 Å². The highest BCUT2D eigenvalue weighted by molar-refractivity contribution is 5.85. The maximum absolute atomic E-state index is 13.2. The van der Waals surface area contributed by atoms with Crippen molar-refractivity contribution in [2.45, 2.75) is 25.5 Å². The molecule has 0 saturated carbocycles. The van der Waals surface area contributed by atoms with Gasteiger partial charge in [0.15, 0.2) is 0 Å². The van der Waals surface area contributed by atoms with Gasteiger partial charge in [0.1, 0.15) is 6.61 Å². The predicted molar refractivity (Wildman–Crippen MR) is 99.4 cm³/mol. The van der Waals surface area contributed by atoms with Crippen LogP contribution in [-0.4, -0.2) is 44.2 Å². The number of ether oxygens (including phenoxy) is 2. The van der Waals surface area contributed by atoms with Crippen molar-refractivity contribution in [1.29, 1.82) is 0 Å². The fourth-order valence-electron chi connectivity index (χ4n) is 2.64. The summed E-state index contributed by atoms with van der Waals surface area (Å²) in [5, 5.41) is 0. The molecule has 0 aliphatic heterocycles. The SMILES string of the molecule is CCOC(C(=O)OCC(C)N(C)C)(c1ccccc1)c1ccccc1. The Morgan fingerprint density at radius 3 is 1.88 bits per heavy atom. The Labute approximate surface area is 150 Å². The minimum absolute atomic E-state index is 0.120. The summed E-state index contributed by atoms with van der Waals surface area (Å²) in [6.07, 6.45) is 0. The molecule has 0 aromatic heterocycles. The number of hydrogen-bond acceptors (Lipinski definition) is 4. The first-order valence-electron chi connectivity index (χ1n) is 8.61. The smallest absolute Gasteiger partial charge is 0.347 e. The highest BCUT2D eigenvalue weighted by atomic mass is 16.6. The Morgan fingerprint density at radius 2 is 1.48 bits per heavy atom. The molecule has 1 unspecified atom stereocenters. The van der Waals surface area contributed by atoms with Gasteiger partial charge in [-0.1, -0.05) is 60.7 Å². The fourth-order valence-corrected chi connectivity index (χ4v) is 2.64. The summed E-state index contributed by atoms with van der Waals surface area (Å²) in [6.45, 7) is 4.60. The van der Waals surface area contributed by atoms with Crippen molar-refractivity contribution in [3.63, 3.8) is 0 Å². The Morgan fingerprint density at radius 1 is 1.00 bits per heavy atom. The van der Waals surface area contributed by atoms with E-state index < -0.39 is 5.60 Å². The van der Waals surface area contributed by atoms with E-state index >= 15 is 0 Å². The second-order valence-electron chi connectivity index (χ2n) is 6.26. The average molecular weight is 341 g/mol. The van der Waals surface area contributed by atoms with Gasteiger partial charge in [-0.2, -0.15) is 0 Å². The first-order chi connectivity index (χ1) is 12.0. The standard InChI is InChI=1S/C21H27NO3/c1-5-25-21(18-12-8-6-9-13-18,19-14-10-7-11-15-19)20(23)24-16-17(2)22(3)4/h6-15,17H,5,16H2,1-4H3. The molecule has 0 aliphatic rings. The van der Waals surface area contributed by atoms with Crippen LogP contribution in [-0.2, 0) is 19.9 Å². The molecule has 0 spiro atoms. The molecular formula is C21H27NO3. The number of likely N-dealkylation sites (N-methyl/N-ethyl adjacent to an activating group) is 1. The van der Waals surface area contributed by atoms with Crippen molar-refractivity contribution in [2.75, 3.05) is 27.3 Å². The van der Waals surface area contributed by atoms with Gasteiger partial charge in [0.05, 0.1) is 0 Å². The number of hydrogen-bond donors (Lipinski definition) is 0. The van der Waals surface area contributed by atoms with Crippen LogP contribution >= 0.6 is 0 Å². The van der Waals surface area contributed by atoms with Crippen molar-refractivity contribution in [3.8, 4) is 0 Å². The first kappa shape index (κ1) is 19.2. The summed E-state index contributed by atoms with van der Waals surface area (Å²) in [5.41, 5.74) is 0.277. The number of nitrogens with zero attached hydrogens (tertiary/aromatic N) is 1. The fraction of sp³-hybridized carbons (Fsp3) is 0.381. The van der Waals surface area contributed by atoms with Crippen molar-refractivity contribution in [3.05, 3.63) is 71.8 Å². The number of rotatable bonds is 8. The largest absolute Gasteiger partial charge is 0.461 e. The summed E-state index contributed by atoms with van der Waals surface area (Å²) in [5.74, 6) is -0.388. The maximum atomic E-state index is 13.2. The van der Waals surface area contributed by atoms with Gasteiger partial charge in [0, 0.05) is 12.6 Å². The number of carbonyl (C=O) groups excluding carboxylic acids is 1. The maximum Gasteiger partial charge on any atom is 0.347 e. The predicted octanol–water partition coefficient (Wildman–Crippen LogP) is 3.46. The highest BCUT2D eigenvalue weighted by Crippen LogP contribution is 2.35. The molecule has 0 N–H and O–H groups in total. The Balaban J connectivity index is 2.45. The second-order valence-corrected chi connectivity index (χ2v) is 6.26. The van der Waals surface area contributed by atoms with E-state index in [4.69, 9.17) is 9.47 Å². The molecule has 2 aromatic rings. The summed E-state index contributed by atoms with van der Waals surface area (Å²) < 4.78 is 11.8. The lowest BCUT2D eigenvalue weighted by molar-refractivity contribution is -0.169.